The summed E-state index contributed by atoms with van der Waals surface area (Å²) in [7, 11) is 0. The van der Waals surface area contributed by atoms with Gasteiger partial charge in [0.05, 0.1) is 13.0 Å². The van der Waals surface area contributed by atoms with Gasteiger partial charge in [0.15, 0.2) is 5.78 Å². The molecule has 0 unspecified atom stereocenters. The first-order valence-electron chi connectivity index (χ1n) is 4.21. The quantitative estimate of drug-likeness (QED) is 0.580. The highest BCUT2D eigenvalue weighted by Gasteiger charge is 2.15. The molecule has 4 nitrogen and oxygen atoms in total. The summed E-state index contributed by atoms with van der Waals surface area (Å²) in [6, 6.07) is 0. The van der Waals surface area contributed by atoms with Crippen molar-refractivity contribution in [3.63, 3.8) is 0 Å². The molecule has 1 fully saturated rings. The minimum absolute atomic E-state index is 0.0654. The maximum Gasteiger partial charge on any atom is 0.224 e. The SMILES string of the molecule is NC(=O)CC(=O)CN1CCCC1. The Kier molecular flexibility index (Phi) is 3.22. The van der Waals surface area contributed by atoms with Gasteiger partial charge in [-0.1, -0.05) is 0 Å². The van der Waals surface area contributed by atoms with E-state index >= 15 is 0 Å². The molecule has 0 atom stereocenters. The third-order valence-electron chi connectivity index (χ3n) is 1.97. The predicted molar refractivity (Wildman–Crippen MR) is 44.5 cm³/mol. The average molecular weight is 170 g/mol. The van der Waals surface area contributed by atoms with E-state index in [1.165, 1.54) is 0 Å². The number of amides is 1. The van der Waals surface area contributed by atoms with Crippen LogP contribution < -0.4 is 5.73 Å². The van der Waals surface area contributed by atoms with Gasteiger partial charge in [0.2, 0.25) is 5.91 Å². The van der Waals surface area contributed by atoms with E-state index in [9.17, 15) is 9.59 Å². The smallest absolute Gasteiger partial charge is 0.224 e. The number of rotatable bonds is 4. The maximum atomic E-state index is 11.1. The average Bonchev–Trinajstić information content (AvgIpc) is 2.37. The highest BCUT2D eigenvalue weighted by molar-refractivity contribution is 5.98. The Balaban J connectivity index is 2.20. The maximum absolute atomic E-state index is 11.1. The summed E-state index contributed by atoms with van der Waals surface area (Å²) >= 11 is 0. The third-order valence-corrected chi connectivity index (χ3v) is 1.97. The van der Waals surface area contributed by atoms with E-state index in [-0.39, 0.29) is 12.2 Å². The Labute approximate surface area is 71.7 Å². The molecule has 0 bridgehead atoms. The van der Waals surface area contributed by atoms with Gasteiger partial charge in [-0.2, -0.15) is 0 Å². The molecule has 0 aliphatic carbocycles. The lowest BCUT2D eigenvalue weighted by Gasteiger charge is -2.11. The van der Waals surface area contributed by atoms with E-state index < -0.39 is 5.91 Å². The number of likely N-dealkylation sites (tertiary alicyclic amines) is 1. The molecule has 4 heteroatoms. The second kappa shape index (κ2) is 4.21. The van der Waals surface area contributed by atoms with Crippen LogP contribution in [0, 0.1) is 0 Å². The highest BCUT2D eigenvalue weighted by atomic mass is 16.2. The molecule has 0 radical (unpaired) electrons. The van der Waals surface area contributed by atoms with Crippen LogP contribution in [0.3, 0.4) is 0 Å². The summed E-state index contributed by atoms with van der Waals surface area (Å²) in [5.41, 5.74) is 4.89. The van der Waals surface area contributed by atoms with Gasteiger partial charge in [-0.3, -0.25) is 14.5 Å². The Morgan fingerprint density at radius 2 is 1.83 bits per heavy atom. The van der Waals surface area contributed by atoms with E-state index in [0.29, 0.717) is 6.54 Å². The molecule has 1 heterocycles. The first-order valence-corrected chi connectivity index (χ1v) is 4.21. The van der Waals surface area contributed by atoms with E-state index in [0.717, 1.165) is 25.9 Å². The summed E-state index contributed by atoms with van der Waals surface area (Å²) in [5, 5.41) is 0. The molecule has 1 saturated heterocycles. The molecule has 0 aromatic rings. The fourth-order valence-electron chi connectivity index (χ4n) is 1.44. The molecule has 2 N–H and O–H groups in total. The van der Waals surface area contributed by atoms with Gasteiger partial charge in [0.25, 0.3) is 0 Å². The minimum Gasteiger partial charge on any atom is -0.369 e. The van der Waals surface area contributed by atoms with Crippen LogP contribution in [0.1, 0.15) is 19.3 Å². The first-order chi connectivity index (χ1) is 5.68. The first kappa shape index (κ1) is 9.19. The van der Waals surface area contributed by atoms with Crippen molar-refractivity contribution < 1.29 is 9.59 Å². The van der Waals surface area contributed by atoms with Crippen molar-refractivity contribution in [2.45, 2.75) is 19.3 Å². The summed E-state index contributed by atoms with van der Waals surface area (Å²) in [4.78, 5) is 23.5. The lowest BCUT2D eigenvalue weighted by Crippen LogP contribution is -2.29. The Bertz CT molecular complexity index is 185. The van der Waals surface area contributed by atoms with Crippen molar-refractivity contribution in [1.29, 1.82) is 0 Å². The largest absolute Gasteiger partial charge is 0.369 e. The Morgan fingerprint density at radius 1 is 1.25 bits per heavy atom. The van der Waals surface area contributed by atoms with Crippen LogP contribution in [0.2, 0.25) is 0 Å². The lowest BCUT2D eigenvalue weighted by molar-refractivity contribution is -0.126. The zero-order chi connectivity index (χ0) is 8.97. The number of hydrogen-bond donors (Lipinski definition) is 1. The van der Waals surface area contributed by atoms with Crippen LogP contribution in [-0.2, 0) is 9.59 Å². The number of ketones is 1. The number of Topliss-reactive ketones (excluding diaryl/α,β-unsaturated/α-hetero) is 1. The molecule has 68 valence electrons. The lowest BCUT2D eigenvalue weighted by atomic mass is 10.2. The molecule has 0 spiro atoms. The van der Waals surface area contributed by atoms with Crippen LogP contribution in [0.4, 0.5) is 0 Å². The molecular formula is C8H14N2O2. The highest BCUT2D eigenvalue weighted by Crippen LogP contribution is 2.06. The molecule has 0 aromatic heterocycles. The zero-order valence-electron chi connectivity index (χ0n) is 7.08. The Morgan fingerprint density at radius 3 is 2.33 bits per heavy atom. The fourth-order valence-corrected chi connectivity index (χ4v) is 1.44. The third kappa shape index (κ3) is 3.00. The monoisotopic (exact) mass is 170 g/mol. The van der Waals surface area contributed by atoms with E-state index in [4.69, 9.17) is 5.73 Å². The normalized spacial score (nSPS) is 18.0. The number of carbonyl (C=O) groups excluding carboxylic acids is 2. The molecule has 1 amide bonds. The predicted octanol–water partition coefficient (Wildman–Crippen LogP) is -0.473. The van der Waals surface area contributed by atoms with Gasteiger partial charge in [-0.05, 0) is 25.9 Å². The van der Waals surface area contributed by atoms with Crippen LogP contribution >= 0.6 is 0 Å². The number of primary amides is 1. The standard InChI is InChI=1S/C8H14N2O2/c9-8(12)5-7(11)6-10-3-1-2-4-10/h1-6H2,(H2,9,12). The minimum atomic E-state index is -0.529. The van der Waals surface area contributed by atoms with Gasteiger partial charge in [0, 0.05) is 0 Å². The van der Waals surface area contributed by atoms with Gasteiger partial charge in [0.1, 0.15) is 0 Å². The van der Waals surface area contributed by atoms with Crippen LogP contribution in [0.5, 0.6) is 0 Å². The molecular weight excluding hydrogens is 156 g/mol. The Hall–Kier alpha value is -0.900. The summed E-state index contributed by atoms with van der Waals surface area (Å²) in [5.74, 6) is -0.594. The summed E-state index contributed by atoms with van der Waals surface area (Å²) in [6.45, 7) is 2.35. The van der Waals surface area contributed by atoms with Gasteiger partial charge in [-0.25, -0.2) is 0 Å². The van der Waals surface area contributed by atoms with Crippen molar-refractivity contribution in [3.05, 3.63) is 0 Å². The molecule has 1 aliphatic heterocycles. The van der Waals surface area contributed by atoms with E-state index in [1.54, 1.807) is 0 Å². The second-order valence-corrected chi connectivity index (χ2v) is 3.17. The van der Waals surface area contributed by atoms with Crippen molar-refractivity contribution in [1.82, 2.24) is 4.90 Å². The summed E-state index contributed by atoms with van der Waals surface area (Å²) < 4.78 is 0. The molecule has 0 aromatic carbocycles. The van der Waals surface area contributed by atoms with Crippen LogP contribution in [0.25, 0.3) is 0 Å². The fraction of sp³-hybridized carbons (Fsp3) is 0.750. The zero-order valence-corrected chi connectivity index (χ0v) is 7.08. The molecule has 0 saturated carbocycles. The van der Waals surface area contributed by atoms with Gasteiger partial charge >= 0.3 is 0 Å². The summed E-state index contributed by atoms with van der Waals surface area (Å²) in [6.07, 6.45) is 2.20. The molecule has 1 aliphatic rings. The van der Waals surface area contributed by atoms with Crippen molar-refractivity contribution in [2.24, 2.45) is 5.73 Å². The molecule has 1 rings (SSSR count). The van der Waals surface area contributed by atoms with Crippen molar-refractivity contribution in [2.75, 3.05) is 19.6 Å². The van der Waals surface area contributed by atoms with Gasteiger partial charge in [-0.15, -0.1) is 0 Å². The molecule has 12 heavy (non-hydrogen) atoms. The van der Waals surface area contributed by atoms with Crippen LogP contribution in [-0.4, -0.2) is 36.2 Å². The van der Waals surface area contributed by atoms with Gasteiger partial charge < -0.3 is 5.73 Å². The van der Waals surface area contributed by atoms with Crippen molar-refractivity contribution in [3.8, 4) is 0 Å². The van der Waals surface area contributed by atoms with Crippen molar-refractivity contribution >= 4 is 11.7 Å². The number of carbonyl (C=O) groups is 2. The van der Waals surface area contributed by atoms with E-state index in [1.807, 2.05) is 0 Å². The topological polar surface area (TPSA) is 63.4 Å². The number of nitrogens with two attached hydrogens (primary N) is 1. The second-order valence-electron chi connectivity index (χ2n) is 3.17. The van der Waals surface area contributed by atoms with Crippen LogP contribution in [0.15, 0.2) is 0 Å². The number of nitrogens with zero attached hydrogens (tertiary/aromatic N) is 1. The van der Waals surface area contributed by atoms with E-state index in [2.05, 4.69) is 4.90 Å². The number of hydrogen-bond acceptors (Lipinski definition) is 3.